The van der Waals surface area contributed by atoms with Gasteiger partial charge in [-0.1, -0.05) is 23.7 Å². The van der Waals surface area contributed by atoms with Gasteiger partial charge in [0.2, 0.25) is 0 Å². The number of ether oxygens (including phenoxy) is 1. The summed E-state index contributed by atoms with van der Waals surface area (Å²) < 4.78 is 10.9. The maximum absolute atomic E-state index is 12.6. The predicted octanol–water partition coefficient (Wildman–Crippen LogP) is 4.47. The Morgan fingerprint density at radius 3 is 2.43 bits per heavy atom. The number of nitrogens with one attached hydrogen (secondary N) is 1. The Kier molecular flexibility index (Phi) is 6.59. The zero-order valence-electron chi connectivity index (χ0n) is 16.8. The van der Waals surface area contributed by atoms with E-state index in [4.69, 9.17) is 20.8 Å². The molecule has 0 saturated heterocycles. The SMILES string of the molecule is COc1ccc(C(=O)NC(=Cc2ccc(-c3cccc(Cl)c3)o2)C(=O)N(C)C)cc1. The normalized spacial score (nSPS) is 11.1. The third-order valence-electron chi connectivity index (χ3n) is 4.26. The Labute approximate surface area is 179 Å². The average Bonchev–Trinajstić information content (AvgIpc) is 3.21. The fourth-order valence-corrected chi connectivity index (χ4v) is 2.89. The number of carbonyl (C=O) groups is 2. The van der Waals surface area contributed by atoms with Crippen molar-refractivity contribution in [3.8, 4) is 17.1 Å². The second kappa shape index (κ2) is 9.33. The summed E-state index contributed by atoms with van der Waals surface area (Å²) in [5.74, 6) is 0.876. The lowest BCUT2D eigenvalue weighted by molar-refractivity contribution is -0.124. The zero-order chi connectivity index (χ0) is 21.7. The van der Waals surface area contributed by atoms with Crippen molar-refractivity contribution < 1.29 is 18.7 Å². The lowest BCUT2D eigenvalue weighted by Crippen LogP contribution is -2.34. The third-order valence-corrected chi connectivity index (χ3v) is 4.49. The fraction of sp³-hybridized carbons (Fsp3) is 0.130. The molecule has 30 heavy (non-hydrogen) atoms. The molecule has 2 aromatic carbocycles. The van der Waals surface area contributed by atoms with Crippen molar-refractivity contribution in [3.05, 3.63) is 82.7 Å². The van der Waals surface area contributed by atoms with Crippen LogP contribution in [-0.2, 0) is 4.79 Å². The van der Waals surface area contributed by atoms with Crippen molar-refractivity contribution in [1.82, 2.24) is 10.2 Å². The Morgan fingerprint density at radius 1 is 1.07 bits per heavy atom. The predicted molar refractivity (Wildman–Crippen MR) is 116 cm³/mol. The van der Waals surface area contributed by atoms with Gasteiger partial charge in [0.05, 0.1) is 7.11 Å². The molecule has 154 valence electrons. The van der Waals surface area contributed by atoms with Crippen molar-refractivity contribution in [2.75, 3.05) is 21.2 Å². The molecule has 0 fully saturated rings. The number of rotatable bonds is 6. The molecule has 0 radical (unpaired) electrons. The number of furan rings is 1. The van der Waals surface area contributed by atoms with Crippen LogP contribution < -0.4 is 10.1 Å². The standard InChI is InChI=1S/C23H21ClN2O4/c1-26(2)23(28)20(25-22(27)15-7-9-18(29-3)10-8-15)14-19-11-12-21(30-19)16-5-4-6-17(24)13-16/h4-14H,1-3H3,(H,25,27). The number of likely N-dealkylation sites (N-methyl/N-ethyl adjacent to an activating group) is 1. The van der Waals surface area contributed by atoms with E-state index in [0.29, 0.717) is 27.9 Å². The minimum Gasteiger partial charge on any atom is -0.497 e. The lowest BCUT2D eigenvalue weighted by Gasteiger charge is -2.14. The molecule has 0 saturated carbocycles. The minimum absolute atomic E-state index is 0.0906. The lowest BCUT2D eigenvalue weighted by atomic mass is 10.2. The number of methoxy groups -OCH3 is 1. The van der Waals surface area contributed by atoms with Gasteiger partial charge in [0.1, 0.15) is 23.0 Å². The van der Waals surface area contributed by atoms with Crippen LogP contribution in [0.15, 0.2) is 70.8 Å². The van der Waals surface area contributed by atoms with E-state index >= 15 is 0 Å². The third kappa shape index (κ3) is 5.10. The van der Waals surface area contributed by atoms with Crippen LogP contribution in [0.5, 0.6) is 5.75 Å². The first-order valence-electron chi connectivity index (χ1n) is 9.12. The molecule has 0 bridgehead atoms. The second-order valence-corrected chi connectivity index (χ2v) is 7.09. The van der Waals surface area contributed by atoms with Crippen LogP contribution in [-0.4, -0.2) is 37.9 Å². The molecule has 0 aliphatic carbocycles. The van der Waals surface area contributed by atoms with Gasteiger partial charge in [0, 0.05) is 36.3 Å². The molecule has 0 unspecified atom stereocenters. The Bertz CT molecular complexity index is 1080. The molecular weight excluding hydrogens is 404 g/mol. The van der Waals surface area contributed by atoms with Crippen LogP contribution in [0.3, 0.4) is 0 Å². The molecule has 1 aromatic heterocycles. The van der Waals surface area contributed by atoms with Crippen LogP contribution in [0.4, 0.5) is 0 Å². The second-order valence-electron chi connectivity index (χ2n) is 6.65. The molecule has 1 heterocycles. The smallest absolute Gasteiger partial charge is 0.269 e. The van der Waals surface area contributed by atoms with E-state index in [2.05, 4.69) is 5.32 Å². The van der Waals surface area contributed by atoms with E-state index in [9.17, 15) is 9.59 Å². The highest BCUT2D eigenvalue weighted by molar-refractivity contribution is 6.30. The van der Waals surface area contributed by atoms with Crippen molar-refractivity contribution in [1.29, 1.82) is 0 Å². The van der Waals surface area contributed by atoms with E-state index in [1.54, 1.807) is 69.7 Å². The summed E-state index contributed by atoms with van der Waals surface area (Å²) in [6.07, 6.45) is 1.50. The topological polar surface area (TPSA) is 71.8 Å². The minimum atomic E-state index is -0.416. The van der Waals surface area contributed by atoms with Gasteiger partial charge in [-0.25, -0.2) is 0 Å². The summed E-state index contributed by atoms with van der Waals surface area (Å²) in [4.78, 5) is 26.6. The van der Waals surface area contributed by atoms with E-state index in [1.807, 2.05) is 12.1 Å². The molecular formula is C23H21ClN2O4. The molecule has 3 aromatic rings. The van der Waals surface area contributed by atoms with Gasteiger partial charge < -0.3 is 19.4 Å². The summed E-state index contributed by atoms with van der Waals surface area (Å²) in [7, 11) is 4.76. The molecule has 3 rings (SSSR count). The molecule has 0 aliphatic heterocycles. The van der Waals surface area contributed by atoms with Gasteiger partial charge in [-0.3, -0.25) is 9.59 Å². The van der Waals surface area contributed by atoms with Gasteiger partial charge in [-0.05, 0) is 48.5 Å². The monoisotopic (exact) mass is 424 g/mol. The summed E-state index contributed by atoms with van der Waals surface area (Å²) in [5.41, 5.74) is 1.30. The highest BCUT2D eigenvalue weighted by atomic mass is 35.5. The molecule has 0 aliphatic rings. The molecule has 0 spiro atoms. The molecule has 2 amide bonds. The van der Waals surface area contributed by atoms with E-state index in [-0.39, 0.29) is 11.6 Å². The summed E-state index contributed by atoms with van der Waals surface area (Å²) in [5, 5.41) is 3.26. The molecule has 7 heteroatoms. The maximum Gasteiger partial charge on any atom is 0.269 e. The summed E-state index contributed by atoms with van der Waals surface area (Å²) in [6.45, 7) is 0. The number of hydrogen-bond acceptors (Lipinski definition) is 4. The van der Waals surface area contributed by atoms with Crippen LogP contribution in [0, 0.1) is 0 Å². The zero-order valence-corrected chi connectivity index (χ0v) is 17.6. The first-order valence-corrected chi connectivity index (χ1v) is 9.49. The largest absolute Gasteiger partial charge is 0.497 e. The van der Waals surface area contributed by atoms with Crippen molar-refractivity contribution >= 4 is 29.5 Å². The number of hydrogen-bond donors (Lipinski definition) is 1. The van der Waals surface area contributed by atoms with Crippen LogP contribution in [0.25, 0.3) is 17.4 Å². The highest BCUT2D eigenvalue weighted by Crippen LogP contribution is 2.25. The Hall–Kier alpha value is -3.51. The first kappa shape index (κ1) is 21.2. The van der Waals surface area contributed by atoms with E-state index in [0.717, 1.165) is 5.56 Å². The van der Waals surface area contributed by atoms with Gasteiger partial charge in [0.15, 0.2) is 0 Å². The van der Waals surface area contributed by atoms with Crippen molar-refractivity contribution in [3.63, 3.8) is 0 Å². The van der Waals surface area contributed by atoms with Gasteiger partial charge in [0.25, 0.3) is 11.8 Å². The first-order chi connectivity index (χ1) is 14.4. The quantitative estimate of drug-likeness (QED) is 0.593. The number of benzene rings is 2. The van der Waals surface area contributed by atoms with Crippen molar-refractivity contribution in [2.24, 2.45) is 0 Å². The Balaban J connectivity index is 1.87. The van der Waals surface area contributed by atoms with Crippen LogP contribution in [0.1, 0.15) is 16.1 Å². The average molecular weight is 425 g/mol. The molecule has 6 nitrogen and oxygen atoms in total. The maximum atomic E-state index is 12.6. The van der Waals surface area contributed by atoms with Crippen molar-refractivity contribution in [2.45, 2.75) is 0 Å². The highest BCUT2D eigenvalue weighted by Gasteiger charge is 2.17. The van der Waals surface area contributed by atoms with Crippen LogP contribution >= 0.6 is 11.6 Å². The van der Waals surface area contributed by atoms with Gasteiger partial charge >= 0.3 is 0 Å². The number of halogens is 1. The van der Waals surface area contributed by atoms with Gasteiger partial charge in [-0.2, -0.15) is 0 Å². The van der Waals surface area contributed by atoms with E-state index in [1.165, 1.54) is 11.0 Å². The Morgan fingerprint density at radius 2 is 1.80 bits per heavy atom. The summed E-state index contributed by atoms with van der Waals surface area (Å²) >= 11 is 6.04. The van der Waals surface area contributed by atoms with Crippen LogP contribution in [0.2, 0.25) is 5.02 Å². The number of carbonyl (C=O) groups excluding carboxylic acids is 2. The number of amides is 2. The molecule has 1 N–H and O–H groups in total. The fourth-order valence-electron chi connectivity index (χ4n) is 2.70. The van der Waals surface area contributed by atoms with E-state index < -0.39 is 5.91 Å². The van der Waals surface area contributed by atoms with Gasteiger partial charge in [-0.15, -0.1) is 0 Å². The molecule has 0 atom stereocenters. The summed E-state index contributed by atoms with van der Waals surface area (Å²) in [6, 6.07) is 17.3. The number of nitrogens with zero attached hydrogens (tertiary/aromatic N) is 1.